The van der Waals surface area contributed by atoms with Crippen molar-refractivity contribution in [1.82, 2.24) is 4.90 Å². The smallest absolute Gasteiger partial charge is 0.283 e. The second-order valence-electron chi connectivity index (χ2n) is 6.26. The zero-order valence-electron chi connectivity index (χ0n) is 13.8. The first kappa shape index (κ1) is 17.8. The first-order chi connectivity index (χ1) is 12.0. The van der Waals surface area contributed by atoms with Gasteiger partial charge in [-0.2, -0.15) is 8.42 Å². The van der Waals surface area contributed by atoms with Crippen LogP contribution in [0.3, 0.4) is 0 Å². The van der Waals surface area contributed by atoms with Gasteiger partial charge in [0.25, 0.3) is 15.7 Å². The van der Waals surface area contributed by atoms with Crippen LogP contribution < -0.4 is 0 Å². The highest BCUT2D eigenvalue weighted by molar-refractivity contribution is 7.90. The summed E-state index contributed by atoms with van der Waals surface area (Å²) in [6, 6.07) is 4.85. The minimum absolute atomic E-state index is 0.0261. The Morgan fingerprint density at radius 3 is 2.32 bits per heavy atom. The van der Waals surface area contributed by atoms with Gasteiger partial charge in [0.15, 0.2) is 0 Å². The Kier molecular flexibility index (Phi) is 5.33. The molecule has 0 radical (unpaired) electrons. The summed E-state index contributed by atoms with van der Waals surface area (Å²) < 4.78 is 34.9. The highest BCUT2D eigenvalue weighted by atomic mass is 32.2. The molecule has 0 aromatic heterocycles. The minimum atomic E-state index is -3.91. The fraction of sp³-hybridized carbons (Fsp3) is 0.562. The van der Waals surface area contributed by atoms with Crippen LogP contribution in [0, 0.1) is 16.0 Å². The molecule has 1 aliphatic heterocycles. The zero-order chi connectivity index (χ0) is 17.9. The molecule has 1 saturated heterocycles. The van der Waals surface area contributed by atoms with Crippen LogP contribution in [0.2, 0.25) is 0 Å². The normalized spacial score (nSPS) is 20.0. The summed E-state index contributed by atoms with van der Waals surface area (Å²) in [5.41, 5.74) is -0.146. The number of ether oxygens (including phenoxy) is 1. The molecule has 136 valence electrons. The molecular weight excluding hydrogens is 346 g/mol. The highest BCUT2D eigenvalue weighted by Crippen LogP contribution is 2.29. The molecule has 1 aromatic carbocycles. The molecule has 0 atom stereocenters. The van der Waals surface area contributed by atoms with Gasteiger partial charge in [0, 0.05) is 31.1 Å². The second-order valence-corrected chi connectivity index (χ2v) is 7.86. The van der Waals surface area contributed by atoms with E-state index >= 15 is 0 Å². The van der Waals surface area contributed by atoms with Gasteiger partial charge >= 0.3 is 0 Å². The number of amidine groups is 1. The Labute approximate surface area is 146 Å². The van der Waals surface area contributed by atoms with E-state index in [9.17, 15) is 18.5 Å². The lowest BCUT2D eigenvalue weighted by Gasteiger charge is -2.32. The molecule has 2 fully saturated rings. The Morgan fingerprint density at radius 1 is 1.16 bits per heavy atom. The van der Waals surface area contributed by atoms with Crippen molar-refractivity contribution >= 4 is 21.5 Å². The lowest BCUT2D eigenvalue weighted by atomic mass is 10.1. The number of nitro benzene ring substituents is 1. The lowest BCUT2D eigenvalue weighted by Crippen LogP contribution is -2.43. The van der Waals surface area contributed by atoms with Gasteiger partial charge in [0.1, 0.15) is 5.84 Å². The van der Waals surface area contributed by atoms with Gasteiger partial charge in [-0.25, -0.2) is 0 Å². The molecule has 2 aliphatic rings. The maximum absolute atomic E-state index is 12.7. The van der Waals surface area contributed by atoms with Gasteiger partial charge in [-0.15, -0.1) is 4.40 Å². The number of hydrogen-bond donors (Lipinski definition) is 0. The molecule has 9 heteroatoms. The third kappa shape index (κ3) is 4.16. The molecule has 0 amide bonds. The van der Waals surface area contributed by atoms with Crippen molar-refractivity contribution in [3.63, 3.8) is 0 Å². The van der Waals surface area contributed by atoms with E-state index in [4.69, 9.17) is 4.74 Å². The van der Waals surface area contributed by atoms with Crippen LogP contribution in [0.4, 0.5) is 5.69 Å². The predicted molar refractivity (Wildman–Crippen MR) is 92.1 cm³/mol. The quantitative estimate of drug-likeness (QED) is 0.350. The Hall–Kier alpha value is -2.00. The molecule has 1 aliphatic carbocycles. The minimum Gasteiger partial charge on any atom is -0.378 e. The van der Waals surface area contributed by atoms with Crippen LogP contribution in [-0.4, -0.2) is 50.4 Å². The van der Waals surface area contributed by atoms with Gasteiger partial charge in [-0.1, -0.05) is 12.8 Å². The van der Waals surface area contributed by atoms with E-state index < -0.39 is 14.9 Å². The van der Waals surface area contributed by atoms with Gasteiger partial charge in [-0.05, 0) is 25.0 Å². The van der Waals surface area contributed by atoms with Crippen molar-refractivity contribution in [2.45, 2.75) is 30.6 Å². The van der Waals surface area contributed by atoms with Gasteiger partial charge < -0.3 is 9.64 Å². The van der Waals surface area contributed by atoms with E-state index in [2.05, 4.69) is 4.40 Å². The maximum Gasteiger partial charge on any atom is 0.283 e. The van der Waals surface area contributed by atoms with Crippen LogP contribution in [0.15, 0.2) is 33.6 Å². The van der Waals surface area contributed by atoms with Crippen molar-refractivity contribution in [1.29, 1.82) is 0 Å². The first-order valence-corrected chi connectivity index (χ1v) is 9.83. The number of nitro groups is 1. The summed E-state index contributed by atoms with van der Waals surface area (Å²) in [6.45, 7) is 2.38. The van der Waals surface area contributed by atoms with Crippen molar-refractivity contribution in [2.24, 2.45) is 10.3 Å². The summed E-state index contributed by atoms with van der Waals surface area (Å²) in [5, 5.41) is 10.7. The molecule has 0 bridgehead atoms. The summed E-state index contributed by atoms with van der Waals surface area (Å²) in [7, 11) is -3.91. The number of non-ortho nitro benzene ring substituents is 1. The number of morpholine rings is 1. The van der Waals surface area contributed by atoms with Crippen molar-refractivity contribution in [3.8, 4) is 0 Å². The first-order valence-electron chi connectivity index (χ1n) is 8.39. The maximum atomic E-state index is 12.7. The number of benzene rings is 1. The van der Waals surface area contributed by atoms with Crippen molar-refractivity contribution in [3.05, 3.63) is 34.4 Å². The van der Waals surface area contributed by atoms with E-state index in [0.29, 0.717) is 32.1 Å². The summed E-state index contributed by atoms with van der Waals surface area (Å²) in [4.78, 5) is 12.1. The Bertz CT molecular complexity index is 748. The molecule has 1 aromatic rings. The van der Waals surface area contributed by atoms with E-state index in [1.54, 1.807) is 0 Å². The number of nitrogens with zero attached hydrogens (tertiary/aromatic N) is 3. The van der Waals surface area contributed by atoms with Gasteiger partial charge in [0.2, 0.25) is 0 Å². The molecule has 0 unspecified atom stereocenters. The molecule has 8 nitrogen and oxygen atoms in total. The van der Waals surface area contributed by atoms with Crippen LogP contribution in [0.5, 0.6) is 0 Å². The molecule has 3 rings (SSSR count). The third-order valence-corrected chi connectivity index (χ3v) is 5.91. The fourth-order valence-corrected chi connectivity index (χ4v) is 4.38. The molecule has 25 heavy (non-hydrogen) atoms. The number of sulfonamides is 1. The van der Waals surface area contributed by atoms with Gasteiger partial charge in [0.05, 0.1) is 23.0 Å². The zero-order valence-corrected chi connectivity index (χ0v) is 14.7. The number of hydrogen-bond acceptors (Lipinski definition) is 5. The van der Waals surface area contributed by atoms with Crippen molar-refractivity contribution < 1.29 is 18.1 Å². The van der Waals surface area contributed by atoms with Crippen LogP contribution >= 0.6 is 0 Å². The Balaban J connectivity index is 1.92. The lowest BCUT2D eigenvalue weighted by molar-refractivity contribution is -0.384. The molecule has 1 heterocycles. The summed E-state index contributed by atoms with van der Waals surface area (Å²) >= 11 is 0. The van der Waals surface area contributed by atoms with E-state index in [0.717, 1.165) is 25.7 Å². The second kappa shape index (κ2) is 7.49. The SMILES string of the molecule is O=[N+]([O-])c1ccc(S(=O)(=O)/N=C(\C2CCCC2)N2CCOCC2)cc1. The van der Waals surface area contributed by atoms with Crippen LogP contribution in [-0.2, 0) is 14.8 Å². The topological polar surface area (TPSA) is 102 Å². The van der Waals surface area contributed by atoms with E-state index in [-0.39, 0.29) is 16.5 Å². The van der Waals surface area contributed by atoms with Gasteiger partial charge in [-0.3, -0.25) is 10.1 Å². The third-order valence-electron chi connectivity index (χ3n) is 4.61. The van der Waals surface area contributed by atoms with Crippen LogP contribution in [0.25, 0.3) is 0 Å². The monoisotopic (exact) mass is 367 g/mol. The molecular formula is C16H21N3O5S. The fourth-order valence-electron chi connectivity index (χ4n) is 3.28. The standard InChI is InChI=1S/C16H21N3O5S/c20-19(21)14-5-7-15(8-6-14)25(22,23)17-16(13-3-1-2-4-13)18-9-11-24-12-10-18/h5-8,13H,1-4,9-12H2/b17-16+. The molecule has 1 saturated carbocycles. The Morgan fingerprint density at radius 2 is 1.76 bits per heavy atom. The summed E-state index contributed by atoms with van der Waals surface area (Å²) in [6.07, 6.45) is 4.02. The highest BCUT2D eigenvalue weighted by Gasteiger charge is 2.29. The van der Waals surface area contributed by atoms with E-state index in [1.807, 2.05) is 4.90 Å². The van der Waals surface area contributed by atoms with Crippen molar-refractivity contribution in [2.75, 3.05) is 26.3 Å². The van der Waals surface area contributed by atoms with Crippen LogP contribution in [0.1, 0.15) is 25.7 Å². The average Bonchev–Trinajstić information content (AvgIpc) is 3.15. The largest absolute Gasteiger partial charge is 0.378 e. The average molecular weight is 367 g/mol. The molecule has 0 spiro atoms. The van der Waals surface area contributed by atoms with E-state index in [1.165, 1.54) is 24.3 Å². The summed E-state index contributed by atoms with van der Waals surface area (Å²) in [5.74, 6) is 0.755. The molecule has 0 N–H and O–H groups in total. The number of rotatable bonds is 4. The predicted octanol–water partition coefficient (Wildman–Crippen LogP) is 2.20.